The van der Waals surface area contributed by atoms with E-state index in [2.05, 4.69) is 22.1 Å². The van der Waals surface area contributed by atoms with Crippen molar-refractivity contribution in [3.05, 3.63) is 83.4 Å². The van der Waals surface area contributed by atoms with Gasteiger partial charge in [-0.3, -0.25) is 4.79 Å². The van der Waals surface area contributed by atoms with Crippen LogP contribution in [0.2, 0.25) is 0 Å². The number of allylic oxidation sites excluding steroid dienone is 1. The topological polar surface area (TPSA) is 74.4 Å². The van der Waals surface area contributed by atoms with Crippen molar-refractivity contribution in [1.82, 2.24) is 19.9 Å². The number of benzene rings is 1. The lowest BCUT2D eigenvalue weighted by Crippen LogP contribution is -1.92. The van der Waals surface area contributed by atoms with Crippen LogP contribution in [-0.4, -0.2) is 25.7 Å². The molecule has 5 nitrogen and oxygen atoms in total. The summed E-state index contributed by atoms with van der Waals surface area (Å²) in [5.74, 6) is -0.00678. The third-order valence-corrected chi connectivity index (χ3v) is 5.57. The number of hydrogen-bond acceptors (Lipinski definition) is 3. The number of ketones is 1. The van der Waals surface area contributed by atoms with Gasteiger partial charge in [0.05, 0.1) is 22.8 Å². The molecule has 8 bridgehead atoms. The molecule has 2 N–H and O–H groups in total. The van der Waals surface area contributed by atoms with E-state index in [1.165, 1.54) is 0 Å². The van der Waals surface area contributed by atoms with Crippen molar-refractivity contribution < 1.29 is 4.79 Å². The molecule has 0 aliphatic carbocycles. The molecule has 0 spiro atoms. The molecule has 0 saturated carbocycles. The van der Waals surface area contributed by atoms with Crippen LogP contribution in [0.25, 0.3) is 56.6 Å². The zero-order chi connectivity index (χ0) is 20.9. The van der Waals surface area contributed by atoms with Crippen LogP contribution in [0.5, 0.6) is 0 Å². The molecule has 0 radical (unpaired) electrons. The Balaban J connectivity index is 1.78. The number of aromatic nitrogens is 4. The first-order chi connectivity index (χ1) is 15.1. The van der Waals surface area contributed by atoms with Gasteiger partial charge in [0.2, 0.25) is 0 Å². The summed E-state index contributed by atoms with van der Waals surface area (Å²) in [6, 6.07) is 20.2. The highest BCUT2D eigenvalue weighted by atomic mass is 16.1. The lowest BCUT2D eigenvalue weighted by molar-refractivity contribution is -0.111. The van der Waals surface area contributed by atoms with E-state index in [4.69, 9.17) is 9.97 Å². The number of Topliss-reactive ketones (excluding diaryl/α,β-unsaturated/α-hetero) is 1. The largest absolute Gasteiger partial charge is 0.355 e. The lowest BCUT2D eigenvalue weighted by Gasteiger charge is -1.94. The highest BCUT2D eigenvalue weighted by Gasteiger charge is 2.15. The van der Waals surface area contributed by atoms with E-state index in [0.29, 0.717) is 11.3 Å². The minimum atomic E-state index is -0.00678. The summed E-state index contributed by atoms with van der Waals surface area (Å²) in [5, 5.41) is 2.18. The Morgan fingerprint density at radius 2 is 1.39 bits per heavy atom. The number of nitrogens with zero attached hydrogens (tertiary/aromatic N) is 2. The maximum atomic E-state index is 12.3. The van der Waals surface area contributed by atoms with Crippen LogP contribution in [0.4, 0.5) is 0 Å². The van der Waals surface area contributed by atoms with E-state index in [1.54, 1.807) is 6.92 Å². The second kappa shape index (κ2) is 6.64. The molecule has 1 aromatic carbocycles. The molecule has 0 amide bonds. The van der Waals surface area contributed by atoms with Gasteiger partial charge in [0.25, 0.3) is 0 Å². The van der Waals surface area contributed by atoms with Gasteiger partial charge in [-0.05, 0) is 61.5 Å². The maximum Gasteiger partial charge on any atom is 0.162 e. The molecule has 0 atom stereocenters. The van der Waals surface area contributed by atoms with Crippen molar-refractivity contribution in [2.45, 2.75) is 6.92 Å². The molecule has 31 heavy (non-hydrogen) atoms. The molecule has 0 saturated heterocycles. The summed E-state index contributed by atoms with van der Waals surface area (Å²) in [6.45, 7) is 1.58. The van der Waals surface area contributed by atoms with Crippen LogP contribution >= 0.6 is 0 Å². The number of H-pyrrole nitrogens is 2. The molecule has 0 fully saturated rings. The van der Waals surface area contributed by atoms with Gasteiger partial charge in [0.15, 0.2) is 5.78 Å². The Hall–Kier alpha value is -4.25. The fourth-order valence-electron chi connectivity index (χ4n) is 4.14. The molecule has 6 rings (SSSR count). The molecule has 3 aromatic heterocycles. The molecular formula is C26H18N4O. The second-order valence-corrected chi connectivity index (χ2v) is 7.78. The minimum Gasteiger partial charge on any atom is -0.355 e. The van der Waals surface area contributed by atoms with Crippen molar-refractivity contribution in [3.8, 4) is 0 Å². The molecule has 4 aromatic rings. The molecule has 5 heteroatoms. The Kier molecular flexibility index (Phi) is 3.77. The van der Waals surface area contributed by atoms with Crippen molar-refractivity contribution in [2.75, 3.05) is 0 Å². The van der Waals surface area contributed by atoms with Gasteiger partial charge >= 0.3 is 0 Å². The van der Waals surface area contributed by atoms with Crippen LogP contribution in [-0.2, 0) is 4.79 Å². The highest BCUT2D eigenvalue weighted by Crippen LogP contribution is 2.28. The first kappa shape index (κ1) is 17.6. The molecular weight excluding hydrogens is 384 g/mol. The minimum absolute atomic E-state index is 0.00678. The standard InChI is InChI=1S/C26H18N4O/c1-15(31)23-12-20-11-18-7-6-16(27-18)10-17-8-9-19(28-17)13-24-21-4-2-3-5-22(21)25(30-24)14-26(23)29-20/h2-14,27,30H,1H3. The van der Waals surface area contributed by atoms with Crippen molar-refractivity contribution >= 4 is 62.4 Å². The van der Waals surface area contributed by atoms with Gasteiger partial charge in [-0.1, -0.05) is 24.3 Å². The Morgan fingerprint density at radius 3 is 2.10 bits per heavy atom. The van der Waals surface area contributed by atoms with Crippen LogP contribution in [0.15, 0.2) is 60.7 Å². The normalized spacial score (nSPS) is 12.9. The molecule has 2 aliphatic heterocycles. The van der Waals surface area contributed by atoms with Gasteiger partial charge < -0.3 is 9.97 Å². The Morgan fingerprint density at radius 1 is 0.742 bits per heavy atom. The Labute approximate surface area is 177 Å². The Bertz CT molecular complexity index is 1620. The number of carbonyl (C=O) groups is 1. The second-order valence-electron chi connectivity index (χ2n) is 7.78. The van der Waals surface area contributed by atoms with Crippen LogP contribution < -0.4 is 0 Å². The number of fused-ring (bicyclic) bond motifs is 11. The van der Waals surface area contributed by atoms with Gasteiger partial charge in [0.1, 0.15) is 0 Å². The number of hydrogen-bond donors (Lipinski definition) is 2. The van der Waals surface area contributed by atoms with E-state index in [1.807, 2.05) is 66.8 Å². The smallest absolute Gasteiger partial charge is 0.162 e. The summed E-state index contributed by atoms with van der Waals surface area (Å²) < 4.78 is 0. The summed E-state index contributed by atoms with van der Waals surface area (Å²) >= 11 is 0. The first-order valence-electron chi connectivity index (χ1n) is 10.1. The summed E-state index contributed by atoms with van der Waals surface area (Å²) in [4.78, 5) is 28.7. The SMILES string of the molecule is CC(=O)C1=Cc2cc3ccc(cc4nc(cc5[nH]c(cc1n2)c1ccccc51)C=C4)[nH]3. The van der Waals surface area contributed by atoms with Crippen LogP contribution in [0.3, 0.4) is 0 Å². The molecule has 5 heterocycles. The number of aromatic amines is 2. The van der Waals surface area contributed by atoms with E-state index < -0.39 is 0 Å². The van der Waals surface area contributed by atoms with E-state index >= 15 is 0 Å². The van der Waals surface area contributed by atoms with E-state index in [0.717, 1.165) is 49.9 Å². The predicted octanol–water partition coefficient (Wildman–Crippen LogP) is 5.77. The highest BCUT2D eigenvalue weighted by molar-refractivity contribution is 6.25. The maximum absolute atomic E-state index is 12.3. The average molecular weight is 402 g/mol. The fraction of sp³-hybridized carbons (Fsp3) is 0.0385. The van der Waals surface area contributed by atoms with E-state index in [9.17, 15) is 4.79 Å². The first-order valence-corrected chi connectivity index (χ1v) is 10.1. The number of rotatable bonds is 1. The van der Waals surface area contributed by atoms with Crippen molar-refractivity contribution in [1.29, 1.82) is 0 Å². The fourth-order valence-corrected chi connectivity index (χ4v) is 4.14. The average Bonchev–Trinajstić information content (AvgIpc) is 3.52. The summed E-state index contributed by atoms with van der Waals surface area (Å²) in [5.41, 5.74) is 7.56. The summed E-state index contributed by atoms with van der Waals surface area (Å²) in [6.07, 6.45) is 5.87. The van der Waals surface area contributed by atoms with E-state index in [-0.39, 0.29) is 5.78 Å². The third-order valence-electron chi connectivity index (χ3n) is 5.57. The van der Waals surface area contributed by atoms with Gasteiger partial charge in [0, 0.05) is 38.4 Å². The van der Waals surface area contributed by atoms with Crippen LogP contribution in [0.1, 0.15) is 29.7 Å². The lowest BCUT2D eigenvalue weighted by atomic mass is 10.1. The molecule has 0 unspecified atom stereocenters. The van der Waals surface area contributed by atoms with Crippen molar-refractivity contribution in [3.63, 3.8) is 0 Å². The predicted molar refractivity (Wildman–Crippen MR) is 126 cm³/mol. The zero-order valence-corrected chi connectivity index (χ0v) is 16.8. The third kappa shape index (κ3) is 3.07. The summed E-state index contributed by atoms with van der Waals surface area (Å²) in [7, 11) is 0. The number of nitrogens with one attached hydrogen (secondary N) is 2. The zero-order valence-electron chi connectivity index (χ0n) is 16.8. The quantitative estimate of drug-likeness (QED) is 0.374. The van der Waals surface area contributed by atoms with Gasteiger partial charge in [-0.2, -0.15) is 0 Å². The van der Waals surface area contributed by atoms with Gasteiger partial charge in [-0.15, -0.1) is 0 Å². The molecule has 2 aliphatic rings. The van der Waals surface area contributed by atoms with Crippen LogP contribution in [0, 0.1) is 0 Å². The van der Waals surface area contributed by atoms with Gasteiger partial charge in [-0.25, -0.2) is 9.97 Å². The van der Waals surface area contributed by atoms with Crippen molar-refractivity contribution in [2.24, 2.45) is 0 Å². The monoisotopic (exact) mass is 402 g/mol. The number of carbonyl (C=O) groups excluding carboxylic acids is 1. The molecule has 148 valence electrons.